The lowest BCUT2D eigenvalue weighted by molar-refractivity contribution is 0.146. The van der Waals surface area contributed by atoms with Crippen molar-refractivity contribution >= 4 is 39.1 Å². The molecule has 0 aliphatic rings. The molecular formula is C10H11BrCl2O2. The molecule has 0 spiro atoms. The van der Waals surface area contributed by atoms with Crippen molar-refractivity contribution in [3.05, 3.63) is 27.7 Å². The molecule has 0 atom stereocenters. The second-order valence-electron chi connectivity index (χ2n) is 2.85. The zero-order valence-electron chi connectivity index (χ0n) is 8.23. The molecule has 1 aromatic rings. The van der Waals surface area contributed by atoms with Gasteiger partial charge in [0, 0.05) is 23.0 Å². The maximum absolute atomic E-state index is 6.02. The van der Waals surface area contributed by atoms with Crippen molar-refractivity contribution in [3.8, 4) is 5.75 Å². The predicted molar refractivity (Wildman–Crippen MR) is 66.5 cm³/mol. The van der Waals surface area contributed by atoms with Crippen LogP contribution < -0.4 is 4.74 Å². The van der Waals surface area contributed by atoms with Gasteiger partial charge in [0.25, 0.3) is 0 Å². The Kier molecular flexibility index (Phi) is 5.75. The monoisotopic (exact) mass is 312 g/mol. The van der Waals surface area contributed by atoms with Crippen molar-refractivity contribution in [2.45, 2.75) is 5.33 Å². The molecular weight excluding hydrogens is 303 g/mol. The maximum atomic E-state index is 6.02. The Morgan fingerprint density at radius 3 is 2.60 bits per heavy atom. The number of benzene rings is 1. The zero-order valence-corrected chi connectivity index (χ0v) is 11.3. The Bertz CT molecular complexity index is 331. The van der Waals surface area contributed by atoms with Crippen LogP contribution in [0.15, 0.2) is 12.1 Å². The fourth-order valence-corrected chi connectivity index (χ4v) is 2.11. The second-order valence-corrected chi connectivity index (χ2v) is 4.26. The molecule has 0 saturated carbocycles. The van der Waals surface area contributed by atoms with Gasteiger partial charge in [0.2, 0.25) is 0 Å². The van der Waals surface area contributed by atoms with Gasteiger partial charge in [-0.15, -0.1) is 0 Å². The van der Waals surface area contributed by atoms with Crippen molar-refractivity contribution in [1.29, 1.82) is 0 Å². The van der Waals surface area contributed by atoms with Crippen molar-refractivity contribution < 1.29 is 9.47 Å². The summed E-state index contributed by atoms with van der Waals surface area (Å²) in [4.78, 5) is 0. The van der Waals surface area contributed by atoms with Crippen molar-refractivity contribution in [3.63, 3.8) is 0 Å². The van der Waals surface area contributed by atoms with Crippen LogP contribution in [0.1, 0.15) is 5.56 Å². The van der Waals surface area contributed by atoms with Crippen LogP contribution in [0.2, 0.25) is 10.0 Å². The van der Waals surface area contributed by atoms with Crippen molar-refractivity contribution in [1.82, 2.24) is 0 Å². The van der Waals surface area contributed by atoms with Crippen LogP contribution >= 0.6 is 39.1 Å². The number of methoxy groups -OCH3 is 1. The van der Waals surface area contributed by atoms with Gasteiger partial charge in [0.1, 0.15) is 12.4 Å². The molecule has 0 radical (unpaired) electrons. The molecule has 0 fully saturated rings. The van der Waals surface area contributed by atoms with Gasteiger partial charge in [-0.05, 0) is 12.1 Å². The first-order chi connectivity index (χ1) is 7.19. The van der Waals surface area contributed by atoms with Crippen molar-refractivity contribution in [2.24, 2.45) is 0 Å². The average Bonchev–Trinajstić information content (AvgIpc) is 2.20. The zero-order chi connectivity index (χ0) is 11.3. The SMILES string of the molecule is COCCOc1c(Cl)cc(Cl)cc1CBr. The Balaban J connectivity index is 2.84. The predicted octanol–water partition coefficient (Wildman–Crippen LogP) is 3.91. The molecule has 1 rings (SSSR count). The first-order valence-corrected chi connectivity index (χ1v) is 6.22. The van der Waals surface area contributed by atoms with Crippen LogP contribution in [-0.4, -0.2) is 20.3 Å². The summed E-state index contributed by atoms with van der Waals surface area (Å²) in [6.45, 7) is 0.999. The van der Waals surface area contributed by atoms with E-state index in [9.17, 15) is 0 Å². The Labute approximate surface area is 108 Å². The minimum atomic E-state index is 0.470. The average molecular weight is 314 g/mol. The fourth-order valence-electron chi connectivity index (χ4n) is 1.10. The van der Waals surface area contributed by atoms with E-state index in [2.05, 4.69) is 15.9 Å². The lowest BCUT2D eigenvalue weighted by Crippen LogP contribution is -2.06. The number of alkyl halides is 1. The molecule has 0 saturated heterocycles. The molecule has 15 heavy (non-hydrogen) atoms. The first-order valence-electron chi connectivity index (χ1n) is 4.34. The van der Waals surface area contributed by atoms with E-state index in [0.717, 1.165) is 5.56 Å². The van der Waals surface area contributed by atoms with E-state index in [1.807, 2.05) is 6.07 Å². The number of ether oxygens (including phenoxy) is 2. The molecule has 0 bridgehead atoms. The molecule has 0 aliphatic carbocycles. The van der Waals surface area contributed by atoms with Gasteiger partial charge in [-0.1, -0.05) is 39.1 Å². The van der Waals surface area contributed by atoms with E-state index in [1.165, 1.54) is 0 Å². The van der Waals surface area contributed by atoms with Crippen LogP contribution in [0.25, 0.3) is 0 Å². The summed E-state index contributed by atoms with van der Waals surface area (Å²) in [6.07, 6.45) is 0. The van der Waals surface area contributed by atoms with Gasteiger partial charge >= 0.3 is 0 Å². The number of hydrogen-bond acceptors (Lipinski definition) is 2. The Morgan fingerprint density at radius 2 is 2.00 bits per heavy atom. The smallest absolute Gasteiger partial charge is 0.142 e. The molecule has 2 nitrogen and oxygen atoms in total. The summed E-state index contributed by atoms with van der Waals surface area (Å²) < 4.78 is 10.4. The molecule has 0 unspecified atom stereocenters. The van der Waals surface area contributed by atoms with Gasteiger partial charge in [-0.25, -0.2) is 0 Å². The van der Waals surface area contributed by atoms with Crippen LogP contribution in [0.4, 0.5) is 0 Å². The normalized spacial score (nSPS) is 10.4. The Hall–Kier alpha value is 0.0400. The summed E-state index contributed by atoms with van der Waals surface area (Å²) in [5.41, 5.74) is 0.934. The van der Waals surface area contributed by atoms with Crippen LogP contribution in [0.5, 0.6) is 5.75 Å². The second kappa shape index (κ2) is 6.59. The molecule has 0 aromatic heterocycles. The summed E-state index contributed by atoms with van der Waals surface area (Å²) in [7, 11) is 1.62. The summed E-state index contributed by atoms with van der Waals surface area (Å²) in [6, 6.07) is 3.49. The van der Waals surface area contributed by atoms with Crippen molar-refractivity contribution in [2.75, 3.05) is 20.3 Å². The van der Waals surface area contributed by atoms with Crippen LogP contribution in [-0.2, 0) is 10.1 Å². The standard InChI is InChI=1S/C10H11BrCl2O2/c1-14-2-3-15-10-7(6-11)4-8(12)5-9(10)13/h4-5H,2-3,6H2,1H3. The lowest BCUT2D eigenvalue weighted by Gasteiger charge is -2.11. The topological polar surface area (TPSA) is 18.5 Å². The van der Waals surface area contributed by atoms with E-state index in [0.29, 0.717) is 34.3 Å². The first kappa shape index (κ1) is 13.1. The highest BCUT2D eigenvalue weighted by atomic mass is 79.9. The third-order valence-electron chi connectivity index (χ3n) is 1.76. The van der Waals surface area contributed by atoms with Gasteiger partial charge in [-0.3, -0.25) is 0 Å². The Morgan fingerprint density at radius 1 is 1.27 bits per heavy atom. The highest BCUT2D eigenvalue weighted by molar-refractivity contribution is 9.08. The fraction of sp³-hybridized carbons (Fsp3) is 0.400. The number of rotatable bonds is 5. The molecule has 84 valence electrons. The van der Waals surface area contributed by atoms with Gasteiger partial charge in [-0.2, -0.15) is 0 Å². The molecule has 5 heteroatoms. The quantitative estimate of drug-likeness (QED) is 0.606. The van der Waals surface area contributed by atoms with E-state index in [4.69, 9.17) is 32.7 Å². The van der Waals surface area contributed by atoms with Gasteiger partial charge < -0.3 is 9.47 Å². The minimum absolute atomic E-state index is 0.470. The highest BCUT2D eigenvalue weighted by Gasteiger charge is 2.09. The number of halogens is 3. The third kappa shape index (κ3) is 3.83. The summed E-state index contributed by atoms with van der Waals surface area (Å²) in [5, 5.41) is 1.77. The van der Waals surface area contributed by atoms with E-state index < -0.39 is 0 Å². The third-order valence-corrected chi connectivity index (χ3v) is 2.87. The van der Waals surface area contributed by atoms with Crippen LogP contribution in [0.3, 0.4) is 0 Å². The molecule has 0 heterocycles. The van der Waals surface area contributed by atoms with E-state index in [1.54, 1.807) is 13.2 Å². The van der Waals surface area contributed by atoms with E-state index in [-0.39, 0.29) is 0 Å². The minimum Gasteiger partial charge on any atom is -0.489 e. The summed E-state index contributed by atoms with van der Waals surface area (Å²) >= 11 is 15.3. The number of hydrogen-bond donors (Lipinski definition) is 0. The van der Waals surface area contributed by atoms with Crippen LogP contribution in [0, 0.1) is 0 Å². The van der Waals surface area contributed by atoms with Gasteiger partial charge in [0.15, 0.2) is 0 Å². The molecule has 1 aromatic carbocycles. The van der Waals surface area contributed by atoms with Gasteiger partial charge in [0.05, 0.1) is 11.6 Å². The highest BCUT2D eigenvalue weighted by Crippen LogP contribution is 2.33. The largest absolute Gasteiger partial charge is 0.489 e. The lowest BCUT2D eigenvalue weighted by atomic mass is 10.2. The molecule has 0 amide bonds. The summed E-state index contributed by atoms with van der Waals surface area (Å²) in [5.74, 6) is 0.662. The maximum Gasteiger partial charge on any atom is 0.142 e. The molecule has 0 aliphatic heterocycles. The molecule has 0 N–H and O–H groups in total. The van der Waals surface area contributed by atoms with E-state index >= 15 is 0 Å².